The molecule has 3 aliphatic heterocycles. The standard InChI is InChI=1S/C13H23N3O2/c17-12(18)7-13(9-14-10-13)16-6-5-15-4-2-1-3-11(15)8-16/h11,14H,1-10H2,(H,17,18). The summed E-state index contributed by atoms with van der Waals surface area (Å²) in [7, 11) is 0. The van der Waals surface area contributed by atoms with Crippen LogP contribution in [0, 0.1) is 0 Å². The fourth-order valence-electron chi connectivity index (χ4n) is 3.74. The summed E-state index contributed by atoms with van der Waals surface area (Å²) in [5.41, 5.74) is -0.102. The average Bonchev–Trinajstić information content (AvgIpc) is 2.33. The van der Waals surface area contributed by atoms with Gasteiger partial charge < -0.3 is 10.4 Å². The number of rotatable bonds is 3. The van der Waals surface area contributed by atoms with Crippen LogP contribution in [-0.2, 0) is 4.79 Å². The molecule has 0 bridgehead atoms. The van der Waals surface area contributed by atoms with Crippen molar-refractivity contribution in [3.8, 4) is 0 Å². The number of aliphatic carboxylic acids is 1. The maximum atomic E-state index is 11.1. The van der Waals surface area contributed by atoms with Gasteiger partial charge in [-0.3, -0.25) is 14.6 Å². The van der Waals surface area contributed by atoms with Crippen LogP contribution in [0.4, 0.5) is 0 Å². The molecule has 0 aromatic heterocycles. The van der Waals surface area contributed by atoms with Crippen molar-refractivity contribution in [1.29, 1.82) is 0 Å². The highest BCUT2D eigenvalue weighted by atomic mass is 16.4. The summed E-state index contributed by atoms with van der Waals surface area (Å²) in [5, 5.41) is 12.4. The molecule has 0 aromatic carbocycles. The molecule has 5 heteroatoms. The van der Waals surface area contributed by atoms with Gasteiger partial charge in [-0.1, -0.05) is 6.42 Å². The SMILES string of the molecule is O=C(O)CC1(N2CCN3CCCCC3C2)CNC1. The van der Waals surface area contributed by atoms with Gasteiger partial charge in [0.05, 0.1) is 12.0 Å². The Kier molecular flexibility index (Phi) is 3.30. The molecule has 2 N–H and O–H groups in total. The molecular formula is C13H23N3O2. The normalized spacial score (nSPS) is 32.6. The van der Waals surface area contributed by atoms with E-state index in [1.165, 1.54) is 25.8 Å². The molecule has 3 aliphatic rings. The van der Waals surface area contributed by atoms with E-state index >= 15 is 0 Å². The molecule has 18 heavy (non-hydrogen) atoms. The smallest absolute Gasteiger partial charge is 0.305 e. The molecule has 102 valence electrons. The molecule has 3 saturated heterocycles. The summed E-state index contributed by atoms with van der Waals surface area (Å²) in [6.07, 6.45) is 4.23. The van der Waals surface area contributed by atoms with Crippen LogP contribution in [0.5, 0.6) is 0 Å². The van der Waals surface area contributed by atoms with E-state index < -0.39 is 5.97 Å². The first kappa shape index (κ1) is 12.4. The topological polar surface area (TPSA) is 55.8 Å². The van der Waals surface area contributed by atoms with Crippen molar-refractivity contribution in [3.63, 3.8) is 0 Å². The van der Waals surface area contributed by atoms with Crippen molar-refractivity contribution < 1.29 is 9.90 Å². The molecule has 0 aliphatic carbocycles. The van der Waals surface area contributed by atoms with Crippen LogP contribution in [-0.4, -0.2) is 71.7 Å². The summed E-state index contributed by atoms with van der Waals surface area (Å²) in [6, 6.07) is 0.666. The number of hydrogen-bond donors (Lipinski definition) is 2. The summed E-state index contributed by atoms with van der Waals surface area (Å²) >= 11 is 0. The van der Waals surface area contributed by atoms with Crippen LogP contribution >= 0.6 is 0 Å². The van der Waals surface area contributed by atoms with Crippen molar-refractivity contribution in [3.05, 3.63) is 0 Å². The number of carbonyl (C=O) groups is 1. The van der Waals surface area contributed by atoms with E-state index in [4.69, 9.17) is 5.11 Å². The Morgan fingerprint density at radius 3 is 2.78 bits per heavy atom. The Bertz CT molecular complexity index is 330. The zero-order chi connectivity index (χ0) is 12.6. The zero-order valence-corrected chi connectivity index (χ0v) is 10.9. The van der Waals surface area contributed by atoms with Crippen LogP contribution in [0.2, 0.25) is 0 Å². The quantitative estimate of drug-likeness (QED) is 0.740. The Labute approximate surface area is 108 Å². The van der Waals surface area contributed by atoms with Gasteiger partial charge >= 0.3 is 5.97 Å². The number of carboxylic acid groups (broad SMARTS) is 1. The third-order valence-corrected chi connectivity index (χ3v) is 4.90. The number of nitrogens with zero attached hydrogens (tertiary/aromatic N) is 2. The molecule has 0 amide bonds. The summed E-state index contributed by atoms with van der Waals surface area (Å²) in [5.74, 6) is -0.664. The van der Waals surface area contributed by atoms with Crippen LogP contribution in [0.1, 0.15) is 25.7 Å². The second-order valence-corrected chi connectivity index (χ2v) is 6.03. The van der Waals surface area contributed by atoms with Gasteiger partial charge in [0.15, 0.2) is 0 Å². The number of nitrogens with one attached hydrogen (secondary N) is 1. The van der Waals surface area contributed by atoms with E-state index in [9.17, 15) is 4.79 Å². The number of hydrogen-bond acceptors (Lipinski definition) is 4. The minimum atomic E-state index is -0.664. The molecule has 0 saturated carbocycles. The number of carboxylic acids is 1. The summed E-state index contributed by atoms with van der Waals surface area (Å²) in [4.78, 5) is 16.1. The predicted octanol–water partition coefficient (Wildman–Crippen LogP) is -0.0268. The van der Waals surface area contributed by atoms with Gasteiger partial charge in [0.25, 0.3) is 0 Å². The van der Waals surface area contributed by atoms with Crippen molar-refractivity contribution in [1.82, 2.24) is 15.1 Å². The van der Waals surface area contributed by atoms with Gasteiger partial charge in [-0.05, 0) is 19.4 Å². The fourth-order valence-corrected chi connectivity index (χ4v) is 3.74. The summed E-state index contributed by atoms with van der Waals surface area (Å²) in [6.45, 7) is 6.13. The van der Waals surface area contributed by atoms with Gasteiger partial charge in [0, 0.05) is 38.8 Å². The minimum Gasteiger partial charge on any atom is -0.481 e. The Morgan fingerprint density at radius 1 is 1.28 bits per heavy atom. The molecule has 0 spiro atoms. The molecule has 1 atom stereocenters. The highest BCUT2D eigenvalue weighted by Gasteiger charge is 2.46. The third-order valence-electron chi connectivity index (χ3n) is 4.90. The Hall–Kier alpha value is -0.650. The molecule has 0 radical (unpaired) electrons. The maximum Gasteiger partial charge on any atom is 0.305 e. The third kappa shape index (κ3) is 2.15. The second kappa shape index (κ2) is 4.79. The number of fused-ring (bicyclic) bond motifs is 1. The van der Waals surface area contributed by atoms with Crippen LogP contribution in [0.3, 0.4) is 0 Å². The van der Waals surface area contributed by atoms with Gasteiger partial charge in [-0.25, -0.2) is 0 Å². The van der Waals surface area contributed by atoms with Gasteiger partial charge in [0.2, 0.25) is 0 Å². The van der Waals surface area contributed by atoms with Gasteiger partial charge in [-0.2, -0.15) is 0 Å². The molecule has 3 heterocycles. The maximum absolute atomic E-state index is 11.1. The van der Waals surface area contributed by atoms with E-state index in [0.717, 1.165) is 32.7 Å². The first-order chi connectivity index (χ1) is 8.70. The average molecular weight is 253 g/mol. The lowest BCUT2D eigenvalue weighted by Gasteiger charge is -2.55. The highest BCUT2D eigenvalue weighted by Crippen LogP contribution is 2.30. The first-order valence-corrected chi connectivity index (χ1v) is 7.11. The van der Waals surface area contributed by atoms with E-state index in [2.05, 4.69) is 15.1 Å². The highest BCUT2D eigenvalue weighted by molar-refractivity contribution is 5.68. The Balaban J connectivity index is 1.67. The van der Waals surface area contributed by atoms with Crippen LogP contribution < -0.4 is 5.32 Å². The van der Waals surface area contributed by atoms with Crippen molar-refractivity contribution in [2.45, 2.75) is 37.3 Å². The zero-order valence-electron chi connectivity index (χ0n) is 10.9. The number of piperazine rings is 1. The van der Waals surface area contributed by atoms with Crippen LogP contribution in [0.25, 0.3) is 0 Å². The lowest BCUT2D eigenvalue weighted by atomic mass is 9.84. The fraction of sp³-hybridized carbons (Fsp3) is 0.923. The van der Waals surface area contributed by atoms with E-state index in [1.54, 1.807) is 0 Å². The summed E-state index contributed by atoms with van der Waals surface area (Å²) < 4.78 is 0. The van der Waals surface area contributed by atoms with E-state index in [1.807, 2.05) is 0 Å². The lowest BCUT2D eigenvalue weighted by molar-refractivity contribution is -0.143. The molecule has 5 nitrogen and oxygen atoms in total. The first-order valence-electron chi connectivity index (χ1n) is 7.11. The van der Waals surface area contributed by atoms with E-state index in [0.29, 0.717) is 6.04 Å². The largest absolute Gasteiger partial charge is 0.481 e. The van der Waals surface area contributed by atoms with Crippen LogP contribution in [0.15, 0.2) is 0 Å². The monoisotopic (exact) mass is 253 g/mol. The second-order valence-electron chi connectivity index (χ2n) is 6.03. The van der Waals surface area contributed by atoms with Gasteiger partial charge in [0.1, 0.15) is 0 Å². The predicted molar refractivity (Wildman–Crippen MR) is 68.6 cm³/mol. The number of piperidine rings is 1. The molecule has 3 rings (SSSR count). The molecule has 1 unspecified atom stereocenters. The van der Waals surface area contributed by atoms with Crippen molar-refractivity contribution in [2.24, 2.45) is 0 Å². The van der Waals surface area contributed by atoms with Gasteiger partial charge in [-0.15, -0.1) is 0 Å². The molecular weight excluding hydrogens is 230 g/mol. The Morgan fingerprint density at radius 2 is 2.11 bits per heavy atom. The van der Waals surface area contributed by atoms with Crippen molar-refractivity contribution >= 4 is 5.97 Å². The molecule has 3 fully saturated rings. The minimum absolute atomic E-state index is 0.102. The molecule has 0 aromatic rings. The van der Waals surface area contributed by atoms with E-state index in [-0.39, 0.29) is 12.0 Å². The lowest BCUT2D eigenvalue weighted by Crippen LogP contribution is -2.73. The van der Waals surface area contributed by atoms with Crippen molar-refractivity contribution in [2.75, 3.05) is 39.3 Å².